The summed E-state index contributed by atoms with van der Waals surface area (Å²) in [7, 11) is -3.82. The van der Waals surface area contributed by atoms with Crippen LogP contribution in [0.15, 0.2) is 17.0 Å². The Balaban J connectivity index is 2.06. The number of hydrogen-bond acceptors (Lipinski definition) is 4. The number of sulfonamides is 1. The van der Waals surface area contributed by atoms with E-state index >= 15 is 0 Å². The molecule has 0 spiro atoms. The van der Waals surface area contributed by atoms with Crippen molar-refractivity contribution >= 4 is 27.6 Å². The minimum Gasteiger partial charge on any atom is -0.478 e. The molecule has 0 saturated heterocycles. The molecule has 1 aliphatic carbocycles. The summed E-state index contributed by atoms with van der Waals surface area (Å²) in [4.78, 5) is 11.0. The SMILES string of the molecule is Cc1c(Cl)cc(S(=O)(=O)NCCOC2CCC2)cc1C(=O)O. The summed E-state index contributed by atoms with van der Waals surface area (Å²) in [5.41, 5.74) is 0.208. The number of aromatic carboxylic acids is 1. The van der Waals surface area contributed by atoms with Crippen molar-refractivity contribution in [2.45, 2.75) is 37.2 Å². The number of carboxylic acids is 1. The monoisotopic (exact) mass is 347 g/mol. The molecule has 0 unspecified atom stereocenters. The van der Waals surface area contributed by atoms with Crippen LogP contribution in [0.5, 0.6) is 0 Å². The van der Waals surface area contributed by atoms with Crippen molar-refractivity contribution in [3.8, 4) is 0 Å². The van der Waals surface area contributed by atoms with Gasteiger partial charge in [-0.25, -0.2) is 17.9 Å². The standard InChI is InChI=1S/C14H18ClNO5S/c1-9-12(14(17)18)7-11(8-13(9)15)22(19,20)16-5-6-21-10-3-2-4-10/h7-8,10,16H,2-6H2,1H3,(H,17,18). The molecule has 1 fully saturated rings. The van der Waals surface area contributed by atoms with Gasteiger partial charge in [0, 0.05) is 11.6 Å². The maximum Gasteiger partial charge on any atom is 0.336 e. The quantitative estimate of drug-likeness (QED) is 0.737. The molecule has 1 saturated carbocycles. The number of carbonyl (C=O) groups is 1. The van der Waals surface area contributed by atoms with E-state index in [2.05, 4.69) is 4.72 Å². The van der Waals surface area contributed by atoms with Gasteiger partial charge in [0.2, 0.25) is 10.0 Å². The molecule has 2 rings (SSSR count). The highest BCUT2D eigenvalue weighted by atomic mass is 35.5. The molecule has 8 heteroatoms. The van der Waals surface area contributed by atoms with Crippen molar-refractivity contribution in [2.75, 3.05) is 13.2 Å². The normalized spacial score (nSPS) is 15.5. The van der Waals surface area contributed by atoms with Gasteiger partial charge >= 0.3 is 5.97 Å². The van der Waals surface area contributed by atoms with Crippen LogP contribution in [-0.2, 0) is 14.8 Å². The van der Waals surface area contributed by atoms with E-state index in [0.717, 1.165) is 25.3 Å². The van der Waals surface area contributed by atoms with Gasteiger partial charge in [0.05, 0.1) is 23.2 Å². The molecule has 1 aliphatic rings. The van der Waals surface area contributed by atoms with E-state index < -0.39 is 16.0 Å². The summed E-state index contributed by atoms with van der Waals surface area (Å²) in [6.07, 6.45) is 3.41. The van der Waals surface area contributed by atoms with Gasteiger partial charge in [0.1, 0.15) is 0 Å². The van der Waals surface area contributed by atoms with Crippen LogP contribution < -0.4 is 4.72 Å². The van der Waals surface area contributed by atoms with Crippen molar-refractivity contribution in [1.82, 2.24) is 4.72 Å². The molecule has 1 aromatic carbocycles. The minimum absolute atomic E-state index is 0.103. The number of benzene rings is 1. The fourth-order valence-electron chi connectivity index (χ4n) is 2.05. The van der Waals surface area contributed by atoms with Crippen LogP contribution in [0.3, 0.4) is 0 Å². The summed E-state index contributed by atoms with van der Waals surface area (Å²) < 4.78 is 32.2. The summed E-state index contributed by atoms with van der Waals surface area (Å²) in [5, 5.41) is 9.20. The zero-order chi connectivity index (χ0) is 16.3. The second-order valence-electron chi connectivity index (χ2n) is 5.20. The first-order valence-corrected chi connectivity index (χ1v) is 8.82. The van der Waals surface area contributed by atoms with Gasteiger partial charge < -0.3 is 9.84 Å². The first-order valence-electron chi connectivity index (χ1n) is 6.96. The lowest BCUT2D eigenvalue weighted by atomic mass is 9.96. The van der Waals surface area contributed by atoms with Crippen LogP contribution in [0.2, 0.25) is 5.02 Å². The van der Waals surface area contributed by atoms with Crippen molar-refractivity contribution < 1.29 is 23.1 Å². The fourth-order valence-corrected chi connectivity index (χ4v) is 3.40. The number of rotatable bonds is 7. The van der Waals surface area contributed by atoms with Crippen LogP contribution in [0.25, 0.3) is 0 Å². The van der Waals surface area contributed by atoms with Crippen molar-refractivity contribution in [2.24, 2.45) is 0 Å². The minimum atomic E-state index is -3.82. The molecule has 6 nitrogen and oxygen atoms in total. The third-order valence-electron chi connectivity index (χ3n) is 3.66. The predicted octanol–water partition coefficient (Wildman–Crippen LogP) is 2.19. The third-order valence-corrected chi connectivity index (χ3v) is 5.49. The molecule has 122 valence electrons. The Morgan fingerprint density at radius 1 is 1.45 bits per heavy atom. The highest BCUT2D eigenvalue weighted by Crippen LogP contribution is 2.24. The van der Waals surface area contributed by atoms with Crippen LogP contribution in [-0.4, -0.2) is 38.7 Å². The Kier molecular flexibility index (Phi) is 5.44. The van der Waals surface area contributed by atoms with E-state index in [9.17, 15) is 13.2 Å². The lowest BCUT2D eigenvalue weighted by Gasteiger charge is -2.25. The Morgan fingerprint density at radius 3 is 2.68 bits per heavy atom. The molecule has 0 aliphatic heterocycles. The Labute approximate surface area is 134 Å². The second kappa shape index (κ2) is 6.95. The summed E-state index contributed by atoms with van der Waals surface area (Å²) in [6.45, 7) is 1.95. The zero-order valence-corrected chi connectivity index (χ0v) is 13.7. The molecule has 0 radical (unpaired) electrons. The highest BCUT2D eigenvalue weighted by molar-refractivity contribution is 7.89. The predicted molar refractivity (Wildman–Crippen MR) is 81.9 cm³/mol. The van der Waals surface area contributed by atoms with E-state index in [-0.39, 0.29) is 34.7 Å². The largest absolute Gasteiger partial charge is 0.478 e. The molecule has 0 amide bonds. The zero-order valence-electron chi connectivity index (χ0n) is 12.1. The van der Waals surface area contributed by atoms with Gasteiger partial charge in [-0.2, -0.15) is 0 Å². The molecule has 22 heavy (non-hydrogen) atoms. The molecule has 0 heterocycles. The van der Waals surface area contributed by atoms with Crippen molar-refractivity contribution in [3.05, 3.63) is 28.3 Å². The van der Waals surface area contributed by atoms with Crippen molar-refractivity contribution in [1.29, 1.82) is 0 Å². The molecule has 1 aromatic rings. The Bertz CT molecular complexity index is 670. The third kappa shape index (κ3) is 3.98. The van der Waals surface area contributed by atoms with Crippen LogP contribution in [0.1, 0.15) is 35.2 Å². The Hall–Kier alpha value is -1.15. The smallest absolute Gasteiger partial charge is 0.336 e. The topological polar surface area (TPSA) is 92.7 Å². The average molecular weight is 348 g/mol. The Morgan fingerprint density at radius 2 is 2.14 bits per heavy atom. The number of nitrogens with one attached hydrogen (secondary N) is 1. The van der Waals surface area contributed by atoms with Crippen LogP contribution >= 0.6 is 11.6 Å². The molecule has 0 bridgehead atoms. The number of carboxylic acid groups (broad SMARTS) is 1. The maximum atomic E-state index is 12.2. The van der Waals surface area contributed by atoms with Gasteiger partial charge in [-0.1, -0.05) is 11.6 Å². The van der Waals surface area contributed by atoms with Crippen molar-refractivity contribution in [3.63, 3.8) is 0 Å². The van der Waals surface area contributed by atoms with E-state index in [4.69, 9.17) is 21.4 Å². The van der Waals surface area contributed by atoms with Gasteiger partial charge in [-0.05, 0) is 43.9 Å². The van der Waals surface area contributed by atoms with E-state index in [1.165, 1.54) is 13.0 Å². The first kappa shape index (κ1) is 17.2. The van der Waals surface area contributed by atoms with Crippen LogP contribution in [0.4, 0.5) is 0 Å². The van der Waals surface area contributed by atoms with Crippen LogP contribution in [0, 0.1) is 6.92 Å². The van der Waals surface area contributed by atoms with Gasteiger partial charge in [-0.15, -0.1) is 0 Å². The number of halogens is 1. The number of hydrogen-bond donors (Lipinski definition) is 2. The summed E-state index contributed by atoms with van der Waals surface area (Å²) >= 11 is 5.92. The lowest BCUT2D eigenvalue weighted by molar-refractivity contribution is 0.00578. The summed E-state index contributed by atoms with van der Waals surface area (Å²) in [5.74, 6) is -1.22. The summed E-state index contributed by atoms with van der Waals surface area (Å²) in [6, 6.07) is 2.36. The second-order valence-corrected chi connectivity index (χ2v) is 7.38. The van der Waals surface area contributed by atoms with E-state index in [1.807, 2.05) is 0 Å². The molecule has 0 atom stereocenters. The van der Waals surface area contributed by atoms with E-state index in [0.29, 0.717) is 5.56 Å². The average Bonchev–Trinajstić information content (AvgIpc) is 2.38. The maximum absolute atomic E-state index is 12.2. The van der Waals surface area contributed by atoms with E-state index in [1.54, 1.807) is 0 Å². The van der Waals surface area contributed by atoms with Gasteiger partial charge in [0.25, 0.3) is 0 Å². The first-order chi connectivity index (χ1) is 10.3. The molecular formula is C14H18ClNO5S. The van der Waals surface area contributed by atoms with Gasteiger partial charge in [0.15, 0.2) is 0 Å². The highest BCUT2D eigenvalue weighted by Gasteiger charge is 2.21. The fraction of sp³-hybridized carbons (Fsp3) is 0.500. The molecule has 0 aromatic heterocycles. The van der Waals surface area contributed by atoms with Gasteiger partial charge in [-0.3, -0.25) is 0 Å². The molecule has 2 N–H and O–H groups in total. The number of ether oxygens (including phenoxy) is 1. The lowest BCUT2D eigenvalue weighted by Crippen LogP contribution is -2.30. The molecular weight excluding hydrogens is 330 g/mol.